The number of rotatable bonds is 3. The summed E-state index contributed by atoms with van der Waals surface area (Å²) in [6, 6.07) is 0. The number of nitrogens with two attached hydrogens (primary N) is 1. The fraction of sp³-hybridized carbons (Fsp3) is 0.500. The Labute approximate surface area is 100 Å². The number of nitrogens with one attached hydrogen (secondary N) is 1. The van der Waals surface area contributed by atoms with Gasteiger partial charge in [0.2, 0.25) is 5.95 Å². The van der Waals surface area contributed by atoms with Crippen LogP contribution >= 0.6 is 0 Å². The van der Waals surface area contributed by atoms with E-state index in [4.69, 9.17) is 10.8 Å². The summed E-state index contributed by atoms with van der Waals surface area (Å²) in [5.74, 6) is -0.383. The van der Waals surface area contributed by atoms with Gasteiger partial charge in [-0.05, 0) is 6.42 Å². The average molecular weight is 253 g/mol. The van der Waals surface area contributed by atoms with Gasteiger partial charge in [0, 0.05) is 12.5 Å². The van der Waals surface area contributed by atoms with E-state index < -0.39 is 11.2 Å². The van der Waals surface area contributed by atoms with Crippen molar-refractivity contribution in [2.75, 3.05) is 12.3 Å². The molecule has 8 heteroatoms. The lowest BCUT2D eigenvalue weighted by Crippen LogP contribution is -2.17. The van der Waals surface area contributed by atoms with Gasteiger partial charge in [-0.2, -0.15) is 4.98 Å². The van der Waals surface area contributed by atoms with Crippen LogP contribution in [0.5, 0.6) is 0 Å². The predicted octanol–water partition coefficient (Wildman–Crippen LogP) is -0.578. The number of aliphatic hydroxyl groups is 1. The van der Waals surface area contributed by atoms with Gasteiger partial charge in [-0.3, -0.25) is 9.78 Å². The van der Waals surface area contributed by atoms with Gasteiger partial charge in [0.15, 0.2) is 11.2 Å². The second-order valence-electron chi connectivity index (χ2n) is 4.61. The van der Waals surface area contributed by atoms with Crippen molar-refractivity contribution < 1.29 is 9.50 Å². The smallest absolute Gasteiger partial charge is 0.280 e. The van der Waals surface area contributed by atoms with Crippen LogP contribution in [0.1, 0.15) is 6.42 Å². The summed E-state index contributed by atoms with van der Waals surface area (Å²) >= 11 is 0. The van der Waals surface area contributed by atoms with Crippen LogP contribution in [-0.2, 0) is 6.54 Å². The van der Waals surface area contributed by atoms with Crippen LogP contribution in [0.15, 0.2) is 11.1 Å². The first-order valence-electron chi connectivity index (χ1n) is 5.54. The van der Waals surface area contributed by atoms with Crippen molar-refractivity contribution in [2.24, 2.45) is 5.92 Å². The summed E-state index contributed by atoms with van der Waals surface area (Å²) in [4.78, 5) is 21.7. The molecule has 2 aromatic rings. The Morgan fingerprint density at radius 1 is 1.72 bits per heavy atom. The van der Waals surface area contributed by atoms with E-state index in [1.807, 2.05) is 0 Å². The molecule has 3 rings (SSSR count). The van der Waals surface area contributed by atoms with Crippen molar-refractivity contribution >= 4 is 17.1 Å². The lowest BCUT2D eigenvalue weighted by atomic mass is 10.3. The number of hydrogen-bond donors (Lipinski definition) is 3. The molecule has 0 saturated heterocycles. The molecule has 0 aromatic carbocycles. The van der Waals surface area contributed by atoms with Crippen LogP contribution in [0.25, 0.3) is 11.2 Å². The first-order chi connectivity index (χ1) is 8.53. The molecule has 0 spiro atoms. The van der Waals surface area contributed by atoms with Crippen LogP contribution in [0.2, 0.25) is 0 Å². The second kappa shape index (κ2) is 3.52. The standard InChI is InChI=1S/C10H12FN5O2/c11-10(1-5(10)2-17)3-16-4-13-6-7(16)14-9(12)15-8(6)18/h4-5,17H,1-3H2,(H3,12,14,15,18)/t5-,10-/m1/s1. The minimum atomic E-state index is -1.44. The number of aromatic nitrogens is 4. The van der Waals surface area contributed by atoms with E-state index in [1.54, 1.807) is 0 Å². The number of H-pyrrole nitrogens is 1. The molecule has 1 aliphatic carbocycles. The molecule has 1 aliphatic rings. The van der Waals surface area contributed by atoms with E-state index in [2.05, 4.69) is 15.0 Å². The summed E-state index contributed by atoms with van der Waals surface area (Å²) < 4.78 is 15.6. The van der Waals surface area contributed by atoms with E-state index in [9.17, 15) is 9.18 Å². The van der Waals surface area contributed by atoms with Gasteiger partial charge in [-0.15, -0.1) is 0 Å². The molecule has 2 atom stereocenters. The highest BCUT2D eigenvalue weighted by atomic mass is 19.1. The van der Waals surface area contributed by atoms with E-state index in [1.165, 1.54) is 10.9 Å². The van der Waals surface area contributed by atoms with Crippen LogP contribution < -0.4 is 11.3 Å². The average Bonchev–Trinajstić information content (AvgIpc) is 2.79. The Morgan fingerprint density at radius 2 is 2.50 bits per heavy atom. The molecule has 2 heterocycles. The van der Waals surface area contributed by atoms with Crippen LogP contribution in [0.4, 0.5) is 10.3 Å². The Balaban J connectivity index is 2.01. The van der Waals surface area contributed by atoms with Gasteiger partial charge in [0.05, 0.1) is 12.9 Å². The third-order valence-corrected chi connectivity index (χ3v) is 3.30. The predicted molar refractivity (Wildman–Crippen MR) is 61.6 cm³/mol. The number of nitrogens with zero attached hydrogens (tertiary/aromatic N) is 3. The third-order valence-electron chi connectivity index (χ3n) is 3.30. The SMILES string of the molecule is Nc1nc2c(ncn2C[C@]2(F)C[C@@H]2CO)c(=O)[nH]1. The summed E-state index contributed by atoms with van der Waals surface area (Å²) in [6.07, 6.45) is 1.67. The Bertz CT molecular complexity index is 666. The largest absolute Gasteiger partial charge is 0.396 e. The highest BCUT2D eigenvalue weighted by Gasteiger charge is 2.55. The van der Waals surface area contributed by atoms with E-state index in [0.29, 0.717) is 6.42 Å². The first kappa shape index (κ1) is 11.1. The number of aliphatic hydroxyl groups excluding tert-OH is 1. The second-order valence-corrected chi connectivity index (χ2v) is 4.61. The van der Waals surface area contributed by atoms with Gasteiger partial charge in [-0.1, -0.05) is 0 Å². The molecule has 2 aromatic heterocycles. The van der Waals surface area contributed by atoms with Crippen molar-refractivity contribution in [3.63, 3.8) is 0 Å². The number of nitrogen functional groups attached to an aromatic ring is 1. The number of fused-ring (bicyclic) bond motifs is 1. The number of imidazole rings is 1. The lowest BCUT2D eigenvalue weighted by Gasteiger charge is -2.08. The minimum Gasteiger partial charge on any atom is -0.396 e. The zero-order valence-electron chi connectivity index (χ0n) is 9.43. The van der Waals surface area contributed by atoms with Crippen molar-refractivity contribution in [1.82, 2.24) is 19.5 Å². The highest BCUT2D eigenvalue weighted by Crippen LogP contribution is 2.48. The minimum absolute atomic E-state index is 0.0185. The molecule has 0 aliphatic heterocycles. The molecule has 96 valence electrons. The number of halogens is 1. The molecule has 1 saturated carbocycles. The summed E-state index contributed by atoms with van der Waals surface area (Å²) in [5, 5.41) is 8.92. The fourth-order valence-corrected chi connectivity index (χ4v) is 2.14. The summed E-state index contributed by atoms with van der Waals surface area (Å²) in [7, 11) is 0. The Hall–Kier alpha value is -1.96. The maximum Gasteiger partial charge on any atom is 0.280 e. The van der Waals surface area contributed by atoms with Crippen LogP contribution in [0.3, 0.4) is 0 Å². The van der Waals surface area contributed by atoms with Crippen molar-refractivity contribution in [2.45, 2.75) is 18.6 Å². The Kier molecular flexibility index (Phi) is 2.18. The maximum atomic E-state index is 14.1. The number of hydrogen-bond acceptors (Lipinski definition) is 5. The quantitative estimate of drug-likeness (QED) is 0.678. The molecule has 0 unspecified atom stereocenters. The van der Waals surface area contributed by atoms with Gasteiger partial charge in [0.25, 0.3) is 5.56 Å². The van der Waals surface area contributed by atoms with Crippen molar-refractivity contribution in [1.29, 1.82) is 0 Å². The van der Waals surface area contributed by atoms with Crippen molar-refractivity contribution in [3.05, 3.63) is 16.7 Å². The van der Waals surface area contributed by atoms with E-state index in [0.717, 1.165) is 0 Å². The van der Waals surface area contributed by atoms with Gasteiger partial charge < -0.3 is 15.4 Å². The molecule has 1 fully saturated rings. The molecular formula is C10H12FN5O2. The van der Waals surface area contributed by atoms with Gasteiger partial charge in [-0.25, -0.2) is 9.37 Å². The van der Waals surface area contributed by atoms with E-state index >= 15 is 0 Å². The normalized spacial score (nSPS) is 26.7. The molecular weight excluding hydrogens is 241 g/mol. The summed E-state index contributed by atoms with van der Waals surface area (Å²) in [6.45, 7) is -0.163. The van der Waals surface area contributed by atoms with Gasteiger partial charge >= 0.3 is 0 Å². The van der Waals surface area contributed by atoms with Gasteiger partial charge in [0.1, 0.15) is 5.67 Å². The first-order valence-corrected chi connectivity index (χ1v) is 5.54. The molecule has 0 radical (unpaired) electrons. The number of aromatic amines is 1. The summed E-state index contributed by atoms with van der Waals surface area (Å²) in [5.41, 5.74) is 3.95. The molecule has 4 N–H and O–H groups in total. The number of anilines is 1. The molecule has 7 nitrogen and oxygen atoms in total. The molecule has 0 amide bonds. The van der Waals surface area contributed by atoms with Crippen LogP contribution in [-0.4, -0.2) is 36.9 Å². The number of alkyl halides is 1. The Morgan fingerprint density at radius 3 is 3.17 bits per heavy atom. The third kappa shape index (κ3) is 1.57. The fourth-order valence-electron chi connectivity index (χ4n) is 2.14. The highest BCUT2D eigenvalue weighted by molar-refractivity contribution is 5.70. The maximum absolute atomic E-state index is 14.1. The molecule has 0 bridgehead atoms. The van der Waals surface area contributed by atoms with Crippen molar-refractivity contribution in [3.8, 4) is 0 Å². The molecule has 18 heavy (non-hydrogen) atoms. The van der Waals surface area contributed by atoms with E-state index in [-0.39, 0.29) is 36.2 Å². The zero-order valence-corrected chi connectivity index (χ0v) is 9.43. The topological polar surface area (TPSA) is 110 Å². The monoisotopic (exact) mass is 253 g/mol. The lowest BCUT2D eigenvalue weighted by molar-refractivity contribution is 0.194. The van der Waals surface area contributed by atoms with Crippen LogP contribution in [0, 0.1) is 5.92 Å². The zero-order chi connectivity index (χ0) is 12.9.